The predicted molar refractivity (Wildman–Crippen MR) is 65.2 cm³/mol. The lowest BCUT2D eigenvalue weighted by atomic mass is 10.2. The number of hydrogen-bond acceptors (Lipinski definition) is 4. The molecular formula is C13H12N4. The summed E-state index contributed by atoms with van der Waals surface area (Å²) in [6.45, 7) is 1.98. The van der Waals surface area contributed by atoms with E-state index in [1.807, 2.05) is 25.1 Å². The smallest absolute Gasteiger partial charge is 0.144 e. The summed E-state index contributed by atoms with van der Waals surface area (Å²) >= 11 is 0. The van der Waals surface area contributed by atoms with Crippen molar-refractivity contribution in [1.82, 2.24) is 9.97 Å². The number of nitriles is 1. The van der Waals surface area contributed by atoms with Gasteiger partial charge in [-0.2, -0.15) is 5.26 Å². The third-order valence-corrected chi connectivity index (χ3v) is 2.41. The van der Waals surface area contributed by atoms with Gasteiger partial charge in [-0.25, -0.2) is 4.98 Å². The standard InChI is InChI=1S/C13H12N4/c1-10(12-6-2-3-7-15-12)17-13-11(9-14)5-4-8-16-13/h2-8,10H,1H3,(H,16,17). The van der Waals surface area contributed by atoms with E-state index in [0.717, 1.165) is 5.69 Å². The van der Waals surface area contributed by atoms with Crippen molar-refractivity contribution in [2.75, 3.05) is 5.32 Å². The summed E-state index contributed by atoms with van der Waals surface area (Å²) in [6.07, 6.45) is 3.41. The van der Waals surface area contributed by atoms with Crippen LogP contribution in [0.2, 0.25) is 0 Å². The van der Waals surface area contributed by atoms with Crippen molar-refractivity contribution in [1.29, 1.82) is 5.26 Å². The van der Waals surface area contributed by atoms with Gasteiger partial charge in [0, 0.05) is 12.4 Å². The van der Waals surface area contributed by atoms with Crippen molar-refractivity contribution in [3.8, 4) is 6.07 Å². The van der Waals surface area contributed by atoms with E-state index in [-0.39, 0.29) is 6.04 Å². The van der Waals surface area contributed by atoms with Crippen LogP contribution in [-0.4, -0.2) is 9.97 Å². The molecule has 2 heterocycles. The molecule has 1 unspecified atom stereocenters. The normalized spacial score (nSPS) is 11.5. The fraction of sp³-hybridized carbons (Fsp3) is 0.154. The van der Waals surface area contributed by atoms with Crippen molar-refractivity contribution >= 4 is 5.82 Å². The molecule has 2 aromatic heterocycles. The molecule has 1 N–H and O–H groups in total. The predicted octanol–water partition coefficient (Wildman–Crippen LogP) is 2.52. The minimum atomic E-state index is 0.0122. The van der Waals surface area contributed by atoms with Crippen LogP contribution in [-0.2, 0) is 0 Å². The summed E-state index contributed by atoms with van der Waals surface area (Å²) < 4.78 is 0. The van der Waals surface area contributed by atoms with Crippen LogP contribution >= 0.6 is 0 Å². The lowest BCUT2D eigenvalue weighted by molar-refractivity contribution is 0.831. The Kier molecular flexibility index (Phi) is 3.31. The van der Waals surface area contributed by atoms with Gasteiger partial charge in [0.25, 0.3) is 0 Å². The zero-order chi connectivity index (χ0) is 12.1. The molecule has 84 valence electrons. The topological polar surface area (TPSA) is 61.6 Å². The largest absolute Gasteiger partial charge is 0.361 e. The Hall–Kier alpha value is -2.41. The van der Waals surface area contributed by atoms with Crippen LogP contribution in [0.3, 0.4) is 0 Å². The number of nitrogens with one attached hydrogen (secondary N) is 1. The van der Waals surface area contributed by atoms with Gasteiger partial charge >= 0.3 is 0 Å². The number of pyridine rings is 2. The number of nitrogens with zero attached hydrogens (tertiary/aromatic N) is 3. The maximum atomic E-state index is 8.96. The van der Waals surface area contributed by atoms with E-state index in [9.17, 15) is 0 Å². The summed E-state index contributed by atoms with van der Waals surface area (Å²) in [5.41, 5.74) is 1.46. The van der Waals surface area contributed by atoms with Gasteiger partial charge in [-0.1, -0.05) is 6.07 Å². The average molecular weight is 224 g/mol. The molecule has 0 aliphatic heterocycles. The monoisotopic (exact) mass is 224 g/mol. The second-order valence-corrected chi connectivity index (χ2v) is 3.63. The van der Waals surface area contributed by atoms with Crippen LogP contribution in [0, 0.1) is 11.3 Å². The molecule has 2 rings (SSSR count). The highest BCUT2D eigenvalue weighted by molar-refractivity contribution is 5.52. The minimum Gasteiger partial charge on any atom is -0.361 e. The first-order chi connectivity index (χ1) is 8.31. The minimum absolute atomic E-state index is 0.0122. The molecule has 0 radical (unpaired) electrons. The molecule has 0 aliphatic carbocycles. The summed E-state index contributed by atoms with van der Waals surface area (Å²) in [5, 5.41) is 12.1. The van der Waals surface area contributed by atoms with Crippen molar-refractivity contribution in [2.24, 2.45) is 0 Å². The Labute approximate surface area is 100.0 Å². The molecule has 0 saturated heterocycles. The first-order valence-electron chi connectivity index (χ1n) is 5.34. The first kappa shape index (κ1) is 11.1. The molecule has 0 bridgehead atoms. The van der Waals surface area contributed by atoms with Crippen molar-refractivity contribution in [3.63, 3.8) is 0 Å². The fourth-order valence-corrected chi connectivity index (χ4v) is 1.52. The lowest BCUT2D eigenvalue weighted by Gasteiger charge is -2.14. The Morgan fingerprint density at radius 1 is 1.18 bits per heavy atom. The first-order valence-corrected chi connectivity index (χ1v) is 5.34. The van der Waals surface area contributed by atoms with E-state index in [2.05, 4.69) is 21.4 Å². The van der Waals surface area contributed by atoms with Crippen LogP contribution in [0.4, 0.5) is 5.82 Å². The second-order valence-electron chi connectivity index (χ2n) is 3.63. The third kappa shape index (κ3) is 2.58. The number of hydrogen-bond donors (Lipinski definition) is 1. The van der Waals surface area contributed by atoms with Crippen molar-refractivity contribution < 1.29 is 0 Å². The van der Waals surface area contributed by atoms with Crippen LogP contribution in [0.1, 0.15) is 24.2 Å². The van der Waals surface area contributed by atoms with Gasteiger partial charge in [0.1, 0.15) is 11.9 Å². The molecule has 0 aromatic carbocycles. The highest BCUT2D eigenvalue weighted by Gasteiger charge is 2.09. The Bertz CT molecular complexity index is 531. The molecule has 4 nitrogen and oxygen atoms in total. The highest BCUT2D eigenvalue weighted by atomic mass is 15.0. The zero-order valence-corrected chi connectivity index (χ0v) is 9.46. The van der Waals surface area contributed by atoms with Gasteiger partial charge in [-0.3, -0.25) is 4.98 Å². The van der Waals surface area contributed by atoms with E-state index < -0.39 is 0 Å². The van der Waals surface area contributed by atoms with Gasteiger partial charge in [0.2, 0.25) is 0 Å². The quantitative estimate of drug-likeness (QED) is 0.870. The van der Waals surface area contributed by atoms with Crippen LogP contribution in [0.25, 0.3) is 0 Å². The maximum absolute atomic E-state index is 8.96. The molecule has 0 amide bonds. The van der Waals surface area contributed by atoms with Crippen LogP contribution in [0.15, 0.2) is 42.7 Å². The molecular weight excluding hydrogens is 212 g/mol. The lowest BCUT2D eigenvalue weighted by Crippen LogP contribution is -2.10. The Balaban J connectivity index is 2.19. The fourth-order valence-electron chi connectivity index (χ4n) is 1.52. The number of anilines is 1. The van der Waals surface area contributed by atoms with Gasteiger partial charge in [0.05, 0.1) is 17.3 Å². The van der Waals surface area contributed by atoms with Gasteiger partial charge in [0.15, 0.2) is 0 Å². The van der Waals surface area contributed by atoms with E-state index in [4.69, 9.17) is 5.26 Å². The van der Waals surface area contributed by atoms with Gasteiger partial charge in [-0.15, -0.1) is 0 Å². The molecule has 17 heavy (non-hydrogen) atoms. The molecule has 2 aromatic rings. The summed E-state index contributed by atoms with van der Waals surface area (Å²) in [6, 6.07) is 11.3. The van der Waals surface area contributed by atoms with Gasteiger partial charge in [-0.05, 0) is 31.2 Å². The Morgan fingerprint density at radius 3 is 2.71 bits per heavy atom. The third-order valence-electron chi connectivity index (χ3n) is 2.41. The summed E-state index contributed by atoms with van der Waals surface area (Å²) in [5.74, 6) is 0.591. The number of aromatic nitrogens is 2. The molecule has 1 atom stereocenters. The van der Waals surface area contributed by atoms with E-state index in [0.29, 0.717) is 11.4 Å². The van der Waals surface area contributed by atoms with Crippen molar-refractivity contribution in [2.45, 2.75) is 13.0 Å². The Morgan fingerprint density at radius 2 is 2.00 bits per heavy atom. The van der Waals surface area contributed by atoms with E-state index >= 15 is 0 Å². The molecule has 4 heteroatoms. The average Bonchev–Trinajstić information content (AvgIpc) is 2.40. The zero-order valence-electron chi connectivity index (χ0n) is 9.46. The van der Waals surface area contributed by atoms with Crippen LogP contribution < -0.4 is 5.32 Å². The SMILES string of the molecule is CC(Nc1ncccc1C#N)c1ccccn1. The van der Waals surface area contributed by atoms with Crippen molar-refractivity contribution in [3.05, 3.63) is 54.0 Å². The second kappa shape index (κ2) is 5.08. The summed E-state index contributed by atoms with van der Waals surface area (Å²) in [7, 11) is 0. The molecule has 0 fully saturated rings. The van der Waals surface area contributed by atoms with E-state index in [1.54, 1.807) is 24.5 Å². The maximum Gasteiger partial charge on any atom is 0.144 e. The molecule has 0 spiro atoms. The summed E-state index contributed by atoms with van der Waals surface area (Å²) in [4.78, 5) is 8.41. The molecule has 0 saturated carbocycles. The van der Waals surface area contributed by atoms with Gasteiger partial charge < -0.3 is 5.32 Å². The highest BCUT2D eigenvalue weighted by Crippen LogP contribution is 2.18. The molecule has 0 aliphatic rings. The number of rotatable bonds is 3. The van der Waals surface area contributed by atoms with E-state index in [1.165, 1.54) is 0 Å². The van der Waals surface area contributed by atoms with Crippen LogP contribution in [0.5, 0.6) is 0 Å².